The van der Waals surface area contributed by atoms with E-state index in [2.05, 4.69) is 6.92 Å². The van der Waals surface area contributed by atoms with Gasteiger partial charge in [0.25, 0.3) is 0 Å². The normalized spacial score (nSPS) is 11.6. The van der Waals surface area contributed by atoms with Gasteiger partial charge in [-0.3, -0.25) is 0 Å². The summed E-state index contributed by atoms with van der Waals surface area (Å²) in [5, 5.41) is 0. The van der Waals surface area contributed by atoms with Crippen LogP contribution in [0.25, 0.3) is 0 Å². The lowest BCUT2D eigenvalue weighted by Crippen LogP contribution is -2.15. The van der Waals surface area contributed by atoms with Crippen molar-refractivity contribution >= 4 is 0 Å². The Bertz CT molecular complexity index is 415. The number of nitrogens with two attached hydrogens (primary N) is 1. The summed E-state index contributed by atoms with van der Waals surface area (Å²) >= 11 is 0. The lowest BCUT2D eigenvalue weighted by atomic mass is 10.2. The van der Waals surface area contributed by atoms with E-state index in [0.29, 0.717) is 145 Å². The first-order valence-electron chi connectivity index (χ1n) is 15.5. The molecule has 0 aliphatic carbocycles. The minimum atomic E-state index is 0.521. The molecule has 0 saturated heterocycles. The predicted octanol–water partition coefficient (Wildman–Crippen LogP) is 2.10. The Kier molecular flexibility index (Phi) is 39.1. The smallest absolute Gasteiger partial charge is 0.0701 e. The van der Waals surface area contributed by atoms with Crippen LogP contribution in [0.4, 0.5) is 0 Å². The van der Waals surface area contributed by atoms with Crippen LogP contribution in [0.15, 0.2) is 0 Å². The predicted molar refractivity (Wildman–Crippen MR) is 157 cm³/mol. The van der Waals surface area contributed by atoms with Gasteiger partial charge in [-0.05, 0) is 6.42 Å². The van der Waals surface area contributed by atoms with Crippen LogP contribution in [-0.4, -0.2) is 152 Å². The molecule has 0 aliphatic rings. The molecule has 12 heteroatoms. The highest BCUT2D eigenvalue weighted by Crippen LogP contribution is 2.02. The van der Waals surface area contributed by atoms with E-state index in [0.717, 1.165) is 13.0 Å². The van der Waals surface area contributed by atoms with Gasteiger partial charge in [-0.25, -0.2) is 0 Å². The molecule has 248 valence electrons. The zero-order valence-electron chi connectivity index (χ0n) is 25.9. The van der Waals surface area contributed by atoms with E-state index >= 15 is 0 Å². The van der Waals surface area contributed by atoms with Crippen molar-refractivity contribution in [2.75, 3.05) is 152 Å². The second-order valence-electron chi connectivity index (χ2n) is 8.94. The summed E-state index contributed by atoms with van der Waals surface area (Å²) in [5.41, 5.74) is 5.33. The van der Waals surface area contributed by atoms with E-state index in [9.17, 15) is 0 Å². The molecule has 12 nitrogen and oxygen atoms in total. The molecule has 0 heterocycles. The molecular formula is C29H61NO11. The number of unbranched alkanes of at least 4 members (excludes halogenated alkanes) is 4. The van der Waals surface area contributed by atoms with Crippen molar-refractivity contribution in [2.24, 2.45) is 5.73 Å². The highest BCUT2D eigenvalue weighted by Gasteiger charge is 1.96. The van der Waals surface area contributed by atoms with Crippen LogP contribution in [0, 0.1) is 0 Å². The third-order valence-corrected chi connectivity index (χ3v) is 5.37. The van der Waals surface area contributed by atoms with Crippen molar-refractivity contribution < 1.29 is 52.1 Å². The van der Waals surface area contributed by atoms with Crippen molar-refractivity contribution in [3.8, 4) is 0 Å². The van der Waals surface area contributed by atoms with E-state index < -0.39 is 0 Å². The Morgan fingerprint density at radius 3 is 0.732 bits per heavy atom. The zero-order valence-corrected chi connectivity index (χ0v) is 25.9. The van der Waals surface area contributed by atoms with Crippen LogP contribution in [0.1, 0.15) is 39.0 Å². The molecule has 0 unspecified atom stereocenters. The first-order chi connectivity index (χ1) is 20.4. The molecule has 0 fully saturated rings. The standard InChI is InChI=1S/C29H61NO11/c1-2-3-4-5-6-8-31-10-12-33-14-16-35-18-20-37-22-24-39-26-28-41-29-27-40-25-23-38-21-19-36-17-15-34-13-11-32-9-7-30/h2-30H2,1H3. The molecule has 0 saturated carbocycles. The van der Waals surface area contributed by atoms with Gasteiger partial charge in [-0.15, -0.1) is 0 Å². The molecular weight excluding hydrogens is 538 g/mol. The van der Waals surface area contributed by atoms with Gasteiger partial charge in [0.15, 0.2) is 0 Å². The number of hydrogen-bond acceptors (Lipinski definition) is 12. The van der Waals surface area contributed by atoms with Crippen molar-refractivity contribution in [1.82, 2.24) is 0 Å². The Morgan fingerprint density at radius 1 is 0.268 bits per heavy atom. The average molecular weight is 600 g/mol. The molecule has 0 radical (unpaired) electrons. The lowest BCUT2D eigenvalue weighted by Gasteiger charge is -2.09. The van der Waals surface area contributed by atoms with Crippen LogP contribution in [0.3, 0.4) is 0 Å². The van der Waals surface area contributed by atoms with Crippen molar-refractivity contribution in [3.63, 3.8) is 0 Å². The van der Waals surface area contributed by atoms with Gasteiger partial charge in [0.2, 0.25) is 0 Å². The summed E-state index contributed by atoms with van der Waals surface area (Å²) in [5.74, 6) is 0. The fourth-order valence-electron chi connectivity index (χ4n) is 3.19. The molecule has 0 rings (SSSR count). The van der Waals surface area contributed by atoms with Crippen LogP contribution in [-0.2, 0) is 52.1 Å². The largest absolute Gasteiger partial charge is 0.379 e. The first-order valence-corrected chi connectivity index (χ1v) is 15.5. The van der Waals surface area contributed by atoms with E-state index in [1.165, 1.54) is 25.7 Å². The molecule has 0 spiro atoms. The van der Waals surface area contributed by atoms with E-state index in [4.69, 9.17) is 57.8 Å². The highest BCUT2D eigenvalue weighted by molar-refractivity contribution is 4.42. The average Bonchev–Trinajstić information content (AvgIpc) is 2.98. The van der Waals surface area contributed by atoms with Crippen LogP contribution in [0.2, 0.25) is 0 Å². The minimum Gasteiger partial charge on any atom is -0.379 e. The van der Waals surface area contributed by atoms with Crippen LogP contribution in [0.5, 0.6) is 0 Å². The third-order valence-electron chi connectivity index (χ3n) is 5.37. The maximum Gasteiger partial charge on any atom is 0.0701 e. The Labute approximate surface area is 249 Å². The quantitative estimate of drug-likeness (QED) is 0.104. The third kappa shape index (κ3) is 39.5. The first kappa shape index (κ1) is 40.5. The van der Waals surface area contributed by atoms with Crippen LogP contribution >= 0.6 is 0 Å². The molecule has 0 atom stereocenters. The molecule has 0 aliphatic heterocycles. The molecule has 0 bridgehead atoms. The van der Waals surface area contributed by atoms with Gasteiger partial charge in [-0.2, -0.15) is 0 Å². The lowest BCUT2D eigenvalue weighted by molar-refractivity contribution is -0.0274. The Hall–Kier alpha value is -0.480. The monoisotopic (exact) mass is 599 g/mol. The molecule has 41 heavy (non-hydrogen) atoms. The van der Waals surface area contributed by atoms with Crippen molar-refractivity contribution in [1.29, 1.82) is 0 Å². The summed E-state index contributed by atoms with van der Waals surface area (Å²) in [6.07, 6.45) is 6.29. The Balaban J connectivity index is 3.02. The van der Waals surface area contributed by atoms with Gasteiger partial charge < -0.3 is 57.8 Å². The fourth-order valence-corrected chi connectivity index (χ4v) is 3.19. The zero-order chi connectivity index (χ0) is 29.6. The summed E-state index contributed by atoms with van der Waals surface area (Å²) in [6.45, 7) is 15.0. The van der Waals surface area contributed by atoms with Crippen molar-refractivity contribution in [2.45, 2.75) is 39.0 Å². The van der Waals surface area contributed by atoms with Gasteiger partial charge in [0, 0.05) is 13.2 Å². The second kappa shape index (κ2) is 39.5. The van der Waals surface area contributed by atoms with Crippen LogP contribution < -0.4 is 5.73 Å². The van der Waals surface area contributed by atoms with Gasteiger partial charge in [0.05, 0.1) is 139 Å². The van der Waals surface area contributed by atoms with Crippen molar-refractivity contribution in [3.05, 3.63) is 0 Å². The topological polar surface area (TPSA) is 128 Å². The fraction of sp³-hybridized carbons (Fsp3) is 1.00. The molecule has 0 aromatic heterocycles. The van der Waals surface area contributed by atoms with E-state index in [1.54, 1.807) is 0 Å². The summed E-state index contributed by atoms with van der Waals surface area (Å²) in [4.78, 5) is 0. The van der Waals surface area contributed by atoms with E-state index in [1.807, 2.05) is 0 Å². The Morgan fingerprint density at radius 2 is 0.488 bits per heavy atom. The molecule has 2 N–H and O–H groups in total. The van der Waals surface area contributed by atoms with Gasteiger partial charge in [-0.1, -0.05) is 32.6 Å². The summed E-state index contributed by atoms with van der Waals surface area (Å²) in [6, 6.07) is 0. The molecule has 0 amide bonds. The maximum atomic E-state index is 5.55. The summed E-state index contributed by atoms with van der Waals surface area (Å²) < 4.78 is 59.9. The highest BCUT2D eigenvalue weighted by atomic mass is 16.6. The second-order valence-corrected chi connectivity index (χ2v) is 8.94. The number of hydrogen-bond donors (Lipinski definition) is 1. The van der Waals surface area contributed by atoms with E-state index in [-0.39, 0.29) is 0 Å². The number of ether oxygens (including phenoxy) is 11. The number of rotatable bonds is 38. The molecule has 0 aromatic rings. The minimum absolute atomic E-state index is 0.521. The maximum absolute atomic E-state index is 5.55. The SMILES string of the molecule is CCCCCCCOCCOCCOCCOCCOCCOCCOCCOCCOCCOCCOCCN. The van der Waals surface area contributed by atoms with Gasteiger partial charge in [0.1, 0.15) is 0 Å². The molecule has 0 aromatic carbocycles. The van der Waals surface area contributed by atoms with Gasteiger partial charge >= 0.3 is 0 Å². The summed E-state index contributed by atoms with van der Waals surface area (Å²) in [7, 11) is 0.